The Kier molecular flexibility index (Phi) is 4.07. The van der Waals surface area contributed by atoms with Crippen molar-refractivity contribution in [1.29, 1.82) is 0 Å². The van der Waals surface area contributed by atoms with E-state index in [4.69, 9.17) is 9.47 Å². The second-order valence-electron chi connectivity index (χ2n) is 2.82. The lowest BCUT2D eigenvalue weighted by Gasteiger charge is -2.02. The van der Waals surface area contributed by atoms with Crippen molar-refractivity contribution in [2.45, 2.75) is 6.42 Å². The number of nitrogens with zero attached hydrogens (tertiary/aromatic N) is 1. The summed E-state index contributed by atoms with van der Waals surface area (Å²) in [7, 11) is 3.04. The lowest BCUT2D eigenvalue weighted by atomic mass is 10.2. The highest BCUT2D eigenvalue weighted by Crippen LogP contribution is 2.07. The molecule has 0 aliphatic rings. The van der Waals surface area contributed by atoms with Crippen LogP contribution in [0.3, 0.4) is 0 Å². The summed E-state index contributed by atoms with van der Waals surface area (Å²) in [6.45, 7) is 0.124. The Hall–Kier alpha value is -1.42. The summed E-state index contributed by atoms with van der Waals surface area (Å²) < 4.78 is 9.67. The van der Waals surface area contributed by atoms with Crippen LogP contribution in [0.15, 0.2) is 18.2 Å². The largest absolute Gasteiger partial charge is 0.481 e. The van der Waals surface area contributed by atoms with Gasteiger partial charge in [0.15, 0.2) is 5.78 Å². The van der Waals surface area contributed by atoms with Gasteiger partial charge in [0.05, 0.1) is 19.2 Å². The first-order valence-corrected chi connectivity index (χ1v) is 4.27. The molecule has 0 unspecified atom stereocenters. The number of hydrogen-bond acceptors (Lipinski definition) is 4. The van der Waals surface area contributed by atoms with Gasteiger partial charge in [0.1, 0.15) is 6.61 Å². The van der Waals surface area contributed by atoms with Crippen LogP contribution in [0, 0.1) is 0 Å². The molecule has 1 aromatic heterocycles. The minimum absolute atomic E-state index is 0.00764. The molecule has 4 heteroatoms. The van der Waals surface area contributed by atoms with Gasteiger partial charge in [0.2, 0.25) is 5.88 Å². The zero-order chi connectivity index (χ0) is 10.4. The molecule has 14 heavy (non-hydrogen) atoms. The van der Waals surface area contributed by atoms with Gasteiger partial charge in [-0.25, -0.2) is 4.98 Å². The fourth-order valence-corrected chi connectivity index (χ4v) is 1.08. The number of rotatable bonds is 5. The summed E-state index contributed by atoms with van der Waals surface area (Å²) >= 11 is 0. The summed E-state index contributed by atoms with van der Waals surface area (Å²) in [5, 5.41) is 0. The molecule has 0 amide bonds. The van der Waals surface area contributed by atoms with E-state index in [0.29, 0.717) is 11.6 Å². The molecule has 1 rings (SSSR count). The highest BCUT2D eigenvalue weighted by molar-refractivity contribution is 5.81. The Morgan fingerprint density at radius 1 is 1.43 bits per heavy atom. The summed E-state index contributed by atoms with van der Waals surface area (Å²) in [5.74, 6) is 0.529. The smallest absolute Gasteiger partial charge is 0.213 e. The molecule has 0 atom stereocenters. The third-order valence-electron chi connectivity index (χ3n) is 1.67. The quantitative estimate of drug-likeness (QED) is 0.698. The standard InChI is InChI=1S/C10H13NO3/c1-13-7-9(12)6-8-4-3-5-10(11-8)14-2/h3-5H,6-7H2,1-2H3. The first-order valence-electron chi connectivity index (χ1n) is 4.27. The summed E-state index contributed by atoms with van der Waals surface area (Å²) in [6, 6.07) is 5.33. The summed E-state index contributed by atoms with van der Waals surface area (Å²) in [6.07, 6.45) is 0.283. The molecule has 4 nitrogen and oxygen atoms in total. The van der Waals surface area contributed by atoms with Crippen LogP contribution in [0.2, 0.25) is 0 Å². The van der Waals surface area contributed by atoms with E-state index in [1.165, 1.54) is 7.11 Å². The molecule has 1 aromatic rings. The number of methoxy groups -OCH3 is 2. The van der Waals surface area contributed by atoms with Crippen LogP contribution < -0.4 is 4.74 Å². The van der Waals surface area contributed by atoms with Gasteiger partial charge >= 0.3 is 0 Å². The predicted molar refractivity (Wildman–Crippen MR) is 51.4 cm³/mol. The number of pyridine rings is 1. The van der Waals surface area contributed by atoms with E-state index in [9.17, 15) is 4.79 Å². The molecule has 0 aliphatic heterocycles. The van der Waals surface area contributed by atoms with Gasteiger partial charge in [0.25, 0.3) is 0 Å². The van der Waals surface area contributed by atoms with E-state index in [0.717, 1.165) is 0 Å². The fraction of sp³-hybridized carbons (Fsp3) is 0.400. The molecule has 1 heterocycles. The van der Waals surface area contributed by atoms with Gasteiger partial charge in [-0.1, -0.05) is 6.07 Å². The SMILES string of the molecule is COCC(=O)Cc1cccc(OC)n1. The number of carbonyl (C=O) groups is 1. The van der Waals surface area contributed by atoms with Crippen molar-refractivity contribution >= 4 is 5.78 Å². The molecule has 76 valence electrons. The number of ether oxygens (including phenoxy) is 2. The Balaban J connectivity index is 2.62. The van der Waals surface area contributed by atoms with Crippen molar-refractivity contribution in [3.8, 4) is 5.88 Å². The monoisotopic (exact) mass is 195 g/mol. The second kappa shape index (κ2) is 5.34. The van der Waals surface area contributed by atoms with Crippen LogP contribution in [-0.2, 0) is 16.0 Å². The molecule has 0 aliphatic carbocycles. The number of carbonyl (C=O) groups excluding carboxylic acids is 1. The summed E-state index contributed by atoms with van der Waals surface area (Å²) in [5.41, 5.74) is 0.700. The van der Waals surface area contributed by atoms with Crippen molar-refractivity contribution in [1.82, 2.24) is 4.98 Å². The van der Waals surface area contributed by atoms with Crippen LogP contribution in [0.4, 0.5) is 0 Å². The van der Waals surface area contributed by atoms with Crippen LogP contribution in [-0.4, -0.2) is 31.6 Å². The summed E-state index contributed by atoms with van der Waals surface area (Å²) in [4.78, 5) is 15.3. The number of ketones is 1. The third-order valence-corrected chi connectivity index (χ3v) is 1.67. The third kappa shape index (κ3) is 3.14. The maximum Gasteiger partial charge on any atom is 0.213 e. The van der Waals surface area contributed by atoms with Crippen LogP contribution in [0.5, 0.6) is 5.88 Å². The maximum absolute atomic E-state index is 11.2. The molecule has 0 aromatic carbocycles. The molecular weight excluding hydrogens is 182 g/mol. The Morgan fingerprint density at radius 2 is 2.21 bits per heavy atom. The average molecular weight is 195 g/mol. The molecule has 0 fully saturated rings. The average Bonchev–Trinajstić information content (AvgIpc) is 2.18. The molecule has 0 saturated carbocycles. The maximum atomic E-state index is 11.2. The van der Waals surface area contributed by atoms with Crippen molar-refractivity contribution in [2.24, 2.45) is 0 Å². The highest BCUT2D eigenvalue weighted by atomic mass is 16.5. The second-order valence-corrected chi connectivity index (χ2v) is 2.82. The minimum atomic E-state index is 0.00764. The Morgan fingerprint density at radius 3 is 2.86 bits per heavy atom. The Labute approximate surface area is 82.9 Å². The van der Waals surface area contributed by atoms with Crippen molar-refractivity contribution in [2.75, 3.05) is 20.8 Å². The van der Waals surface area contributed by atoms with Gasteiger partial charge in [-0.05, 0) is 6.07 Å². The van der Waals surface area contributed by atoms with Crippen LogP contribution in [0.1, 0.15) is 5.69 Å². The van der Waals surface area contributed by atoms with Crippen LogP contribution in [0.25, 0.3) is 0 Å². The molecular formula is C10H13NO3. The van der Waals surface area contributed by atoms with Crippen molar-refractivity contribution in [3.63, 3.8) is 0 Å². The van der Waals surface area contributed by atoms with Crippen molar-refractivity contribution < 1.29 is 14.3 Å². The van der Waals surface area contributed by atoms with Gasteiger partial charge in [-0.15, -0.1) is 0 Å². The van der Waals surface area contributed by atoms with E-state index in [-0.39, 0.29) is 18.8 Å². The molecule has 0 spiro atoms. The lowest BCUT2D eigenvalue weighted by molar-refractivity contribution is -0.122. The number of aromatic nitrogens is 1. The van der Waals surface area contributed by atoms with E-state index >= 15 is 0 Å². The van der Waals surface area contributed by atoms with E-state index in [1.54, 1.807) is 25.3 Å². The van der Waals surface area contributed by atoms with Gasteiger partial charge in [-0.2, -0.15) is 0 Å². The highest BCUT2D eigenvalue weighted by Gasteiger charge is 2.04. The zero-order valence-corrected chi connectivity index (χ0v) is 8.32. The number of Topliss-reactive ketones (excluding diaryl/α,β-unsaturated/α-hetero) is 1. The molecule has 0 radical (unpaired) electrons. The van der Waals surface area contributed by atoms with Gasteiger partial charge in [0, 0.05) is 13.2 Å². The van der Waals surface area contributed by atoms with Crippen LogP contribution >= 0.6 is 0 Å². The molecule has 0 bridgehead atoms. The van der Waals surface area contributed by atoms with Gasteiger partial charge < -0.3 is 9.47 Å². The number of hydrogen-bond donors (Lipinski definition) is 0. The minimum Gasteiger partial charge on any atom is -0.481 e. The van der Waals surface area contributed by atoms with Crippen molar-refractivity contribution in [3.05, 3.63) is 23.9 Å². The van der Waals surface area contributed by atoms with Gasteiger partial charge in [-0.3, -0.25) is 4.79 Å². The Bertz CT molecular complexity index is 312. The topological polar surface area (TPSA) is 48.4 Å². The predicted octanol–water partition coefficient (Wildman–Crippen LogP) is 0.848. The first-order chi connectivity index (χ1) is 6.76. The molecule has 0 N–H and O–H groups in total. The molecule has 0 saturated heterocycles. The lowest BCUT2D eigenvalue weighted by Crippen LogP contribution is -2.10. The first kappa shape index (κ1) is 10.7. The van der Waals surface area contributed by atoms with E-state index in [2.05, 4.69) is 4.98 Å². The normalized spacial score (nSPS) is 9.86. The van der Waals surface area contributed by atoms with E-state index in [1.807, 2.05) is 0 Å². The zero-order valence-electron chi connectivity index (χ0n) is 8.32. The fourth-order valence-electron chi connectivity index (χ4n) is 1.08. The van der Waals surface area contributed by atoms with E-state index < -0.39 is 0 Å².